The molecular formula is C11H24N2. The van der Waals surface area contributed by atoms with E-state index in [4.69, 9.17) is 0 Å². The second kappa shape index (κ2) is 4.97. The summed E-state index contributed by atoms with van der Waals surface area (Å²) in [7, 11) is 6.56. The van der Waals surface area contributed by atoms with Crippen LogP contribution in [0.1, 0.15) is 26.2 Å². The molecule has 2 atom stereocenters. The summed E-state index contributed by atoms with van der Waals surface area (Å²) in [6.07, 6.45) is 4.24. The van der Waals surface area contributed by atoms with Gasteiger partial charge in [-0.05, 0) is 46.3 Å². The van der Waals surface area contributed by atoms with E-state index in [0.29, 0.717) is 0 Å². The summed E-state index contributed by atoms with van der Waals surface area (Å²) in [6, 6.07) is 0.856. The molecule has 0 radical (unpaired) electrons. The van der Waals surface area contributed by atoms with Gasteiger partial charge in [0.15, 0.2) is 0 Å². The van der Waals surface area contributed by atoms with Gasteiger partial charge in [0.25, 0.3) is 0 Å². The van der Waals surface area contributed by atoms with Crippen LogP contribution in [0.3, 0.4) is 0 Å². The zero-order chi connectivity index (χ0) is 9.84. The summed E-state index contributed by atoms with van der Waals surface area (Å²) in [4.78, 5) is 4.79. The van der Waals surface area contributed by atoms with Crippen molar-refractivity contribution in [2.45, 2.75) is 32.2 Å². The molecule has 1 aliphatic carbocycles. The van der Waals surface area contributed by atoms with Crippen molar-refractivity contribution in [3.05, 3.63) is 0 Å². The molecule has 1 saturated carbocycles. The third kappa shape index (κ3) is 3.65. The average Bonchev–Trinajstić information content (AvgIpc) is 2.47. The van der Waals surface area contributed by atoms with Gasteiger partial charge < -0.3 is 9.80 Å². The molecule has 2 nitrogen and oxygen atoms in total. The van der Waals surface area contributed by atoms with E-state index in [-0.39, 0.29) is 0 Å². The Kier molecular flexibility index (Phi) is 4.20. The molecule has 0 amide bonds. The lowest BCUT2D eigenvalue weighted by Gasteiger charge is -2.25. The Hall–Kier alpha value is -0.0800. The van der Waals surface area contributed by atoms with Crippen LogP contribution in [0.2, 0.25) is 0 Å². The van der Waals surface area contributed by atoms with Crippen LogP contribution in [-0.2, 0) is 0 Å². The normalized spacial score (nSPS) is 29.1. The number of hydrogen-bond donors (Lipinski definition) is 0. The Morgan fingerprint density at radius 2 is 1.77 bits per heavy atom. The predicted octanol–water partition coefficient (Wildman–Crippen LogP) is 1.67. The maximum Gasteiger partial charge on any atom is 0.0109 e. The van der Waals surface area contributed by atoms with Crippen molar-refractivity contribution < 1.29 is 0 Å². The summed E-state index contributed by atoms with van der Waals surface area (Å²) in [5, 5.41) is 0. The molecule has 0 spiro atoms. The van der Waals surface area contributed by atoms with Crippen molar-refractivity contribution in [1.29, 1.82) is 0 Å². The van der Waals surface area contributed by atoms with Crippen LogP contribution < -0.4 is 0 Å². The fourth-order valence-corrected chi connectivity index (χ4v) is 2.12. The Bertz CT molecular complexity index is 145. The molecule has 0 heterocycles. The molecule has 13 heavy (non-hydrogen) atoms. The molecule has 0 saturated heterocycles. The summed E-state index contributed by atoms with van der Waals surface area (Å²) in [6.45, 7) is 4.77. The van der Waals surface area contributed by atoms with Gasteiger partial charge in [-0.25, -0.2) is 0 Å². The molecule has 0 aromatic heterocycles. The number of hydrogen-bond acceptors (Lipinski definition) is 2. The standard InChI is InChI=1S/C11H24N2/c1-10-5-6-11(9-10)13(4)8-7-12(2)3/h10-11H,5-9H2,1-4H3/t10-,11-/m0/s1. The van der Waals surface area contributed by atoms with Gasteiger partial charge in [0.2, 0.25) is 0 Å². The molecule has 0 bridgehead atoms. The molecule has 78 valence electrons. The van der Waals surface area contributed by atoms with Crippen LogP contribution in [0.25, 0.3) is 0 Å². The first-order valence-electron chi connectivity index (χ1n) is 5.44. The minimum absolute atomic E-state index is 0.856. The van der Waals surface area contributed by atoms with Crippen molar-refractivity contribution in [3.8, 4) is 0 Å². The molecule has 2 heteroatoms. The lowest BCUT2D eigenvalue weighted by Crippen LogP contribution is -2.35. The molecule has 1 aliphatic rings. The van der Waals surface area contributed by atoms with Gasteiger partial charge >= 0.3 is 0 Å². The van der Waals surface area contributed by atoms with E-state index in [1.165, 1.54) is 32.4 Å². The molecule has 0 aliphatic heterocycles. The van der Waals surface area contributed by atoms with Crippen molar-refractivity contribution in [2.75, 3.05) is 34.2 Å². The minimum Gasteiger partial charge on any atom is -0.308 e. The molecule has 0 unspecified atom stereocenters. The van der Waals surface area contributed by atoms with Crippen LogP contribution in [0.4, 0.5) is 0 Å². The second-order valence-corrected chi connectivity index (χ2v) is 4.86. The van der Waals surface area contributed by atoms with Crippen LogP contribution in [0, 0.1) is 5.92 Å². The van der Waals surface area contributed by atoms with E-state index in [0.717, 1.165) is 12.0 Å². The lowest BCUT2D eigenvalue weighted by molar-refractivity contribution is 0.216. The first kappa shape index (κ1) is 11.0. The van der Waals surface area contributed by atoms with E-state index >= 15 is 0 Å². The molecular weight excluding hydrogens is 160 g/mol. The van der Waals surface area contributed by atoms with E-state index in [9.17, 15) is 0 Å². The zero-order valence-corrected chi connectivity index (χ0v) is 9.58. The van der Waals surface area contributed by atoms with Gasteiger partial charge in [-0.3, -0.25) is 0 Å². The second-order valence-electron chi connectivity index (χ2n) is 4.86. The number of likely N-dealkylation sites (N-methyl/N-ethyl adjacent to an activating group) is 2. The summed E-state index contributed by atoms with van der Waals surface area (Å²) < 4.78 is 0. The van der Waals surface area contributed by atoms with Gasteiger partial charge in [0.1, 0.15) is 0 Å². The Morgan fingerprint density at radius 3 is 2.23 bits per heavy atom. The Balaban J connectivity index is 2.19. The van der Waals surface area contributed by atoms with Gasteiger partial charge in [0.05, 0.1) is 0 Å². The SMILES string of the molecule is C[C@H]1CC[C@H](N(C)CCN(C)C)C1. The third-order valence-corrected chi connectivity index (χ3v) is 3.19. The number of rotatable bonds is 4. The smallest absolute Gasteiger partial charge is 0.0109 e. The highest BCUT2D eigenvalue weighted by Crippen LogP contribution is 2.27. The predicted molar refractivity (Wildman–Crippen MR) is 58.0 cm³/mol. The molecule has 0 aromatic carbocycles. The highest BCUT2D eigenvalue weighted by molar-refractivity contribution is 4.79. The third-order valence-electron chi connectivity index (χ3n) is 3.19. The van der Waals surface area contributed by atoms with Crippen LogP contribution in [0.15, 0.2) is 0 Å². The van der Waals surface area contributed by atoms with Crippen LogP contribution in [0.5, 0.6) is 0 Å². The Morgan fingerprint density at radius 1 is 1.08 bits per heavy atom. The molecule has 1 fully saturated rings. The topological polar surface area (TPSA) is 6.48 Å². The van der Waals surface area contributed by atoms with Crippen molar-refractivity contribution in [3.63, 3.8) is 0 Å². The van der Waals surface area contributed by atoms with Gasteiger partial charge in [-0.2, -0.15) is 0 Å². The van der Waals surface area contributed by atoms with Crippen molar-refractivity contribution in [2.24, 2.45) is 5.92 Å². The van der Waals surface area contributed by atoms with Gasteiger partial charge in [-0.1, -0.05) is 6.92 Å². The summed E-state index contributed by atoms with van der Waals surface area (Å²) in [5.74, 6) is 0.951. The first-order chi connectivity index (χ1) is 6.09. The monoisotopic (exact) mass is 184 g/mol. The highest BCUT2D eigenvalue weighted by Gasteiger charge is 2.24. The molecule has 1 rings (SSSR count). The zero-order valence-electron chi connectivity index (χ0n) is 9.58. The first-order valence-corrected chi connectivity index (χ1v) is 5.44. The fraction of sp³-hybridized carbons (Fsp3) is 1.00. The largest absolute Gasteiger partial charge is 0.308 e. The fourth-order valence-electron chi connectivity index (χ4n) is 2.12. The molecule has 0 N–H and O–H groups in total. The lowest BCUT2D eigenvalue weighted by atomic mass is 10.1. The van der Waals surface area contributed by atoms with E-state index in [1.54, 1.807) is 0 Å². The van der Waals surface area contributed by atoms with E-state index < -0.39 is 0 Å². The Labute approximate surface area is 82.9 Å². The van der Waals surface area contributed by atoms with E-state index in [1.807, 2.05) is 0 Å². The van der Waals surface area contributed by atoms with Gasteiger partial charge in [0, 0.05) is 19.1 Å². The van der Waals surface area contributed by atoms with Gasteiger partial charge in [-0.15, -0.1) is 0 Å². The van der Waals surface area contributed by atoms with E-state index in [2.05, 4.69) is 37.9 Å². The van der Waals surface area contributed by atoms with Crippen molar-refractivity contribution in [1.82, 2.24) is 9.80 Å². The number of nitrogens with zero attached hydrogens (tertiary/aromatic N) is 2. The summed E-state index contributed by atoms with van der Waals surface area (Å²) in [5.41, 5.74) is 0. The van der Waals surface area contributed by atoms with Crippen LogP contribution in [-0.4, -0.2) is 50.1 Å². The van der Waals surface area contributed by atoms with Crippen molar-refractivity contribution >= 4 is 0 Å². The highest BCUT2D eigenvalue weighted by atomic mass is 15.2. The maximum absolute atomic E-state index is 2.53. The quantitative estimate of drug-likeness (QED) is 0.656. The average molecular weight is 184 g/mol. The summed E-state index contributed by atoms with van der Waals surface area (Å²) >= 11 is 0. The maximum atomic E-state index is 2.53. The van der Waals surface area contributed by atoms with Crippen LogP contribution >= 0.6 is 0 Å². The minimum atomic E-state index is 0.856. The molecule has 0 aromatic rings.